The van der Waals surface area contributed by atoms with Crippen LogP contribution in [0.3, 0.4) is 0 Å². The molecule has 0 aliphatic carbocycles. The van der Waals surface area contributed by atoms with Crippen molar-refractivity contribution in [3.63, 3.8) is 0 Å². The molecule has 1 saturated heterocycles. The summed E-state index contributed by atoms with van der Waals surface area (Å²) in [6.45, 7) is 4.36. The average molecular weight is 478 g/mol. The van der Waals surface area contributed by atoms with Crippen molar-refractivity contribution in [2.45, 2.75) is 13.0 Å². The number of benzene rings is 2. The molecule has 35 heavy (non-hydrogen) atoms. The monoisotopic (exact) mass is 477 g/mol. The third-order valence-corrected chi connectivity index (χ3v) is 6.63. The number of piperazine rings is 1. The van der Waals surface area contributed by atoms with Gasteiger partial charge in [-0.2, -0.15) is 5.10 Å². The number of anilines is 2. The maximum absolute atomic E-state index is 14.0. The van der Waals surface area contributed by atoms with Crippen LogP contribution >= 0.6 is 0 Å². The van der Waals surface area contributed by atoms with Gasteiger partial charge in [-0.3, -0.25) is 4.79 Å². The van der Waals surface area contributed by atoms with Crippen LogP contribution in [0.15, 0.2) is 66.0 Å². The molecular formula is C26H28FN5O3. The van der Waals surface area contributed by atoms with E-state index in [0.29, 0.717) is 43.3 Å². The number of methoxy groups -OCH3 is 2. The smallest absolute Gasteiger partial charge is 0.254 e. The summed E-state index contributed by atoms with van der Waals surface area (Å²) in [6.07, 6.45) is 1.71. The Hall–Kier alpha value is -4.01. The molecule has 2 aliphatic rings. The summed E-state index contributed by atoms with van der Waals surface area (Å²) >= 11 is 0. The number of ether oxygens (including phenoxy) is 2. The Morgan fingerprint density at radius 2 is 1.77 bits per heavy atom. The SMILES string of the molecule is COc1ccc(OC)c(C2C(C(=O)N3CCN(c4ccc(F)cc4)CC3)=C(C)Nc3ccnn32)c1. The van der Waals surface area contributed by atoms with Crippen molar-refractivity contribution in [2.24, 2.45) is 0 Å². The van der Waals surface area contributed by atoms with Crippen molar-refractivity contribution in [3.05, 3.63) is 77.4 Å². The lowest BCUT2D eigenvalue weighted by Crippen LogP contribution is -2.50. The van der Waals surface area contributed by atoms with E-state index in [-0.39, 0.29) is 11.7 Å². The molecule has 0 bridgehead atoms. The van der Waals surface area contributed by atoms with Gasteiger partial charge in [-0.25, -0.2) is 9.07 Å². The van der Waals surface area contributed by atoms with Gasteiger partial charge in [0, 0.05) is 49.2 Å². The van der Waals surface area contributed by atoms with Gasteiger partial charge in [-0.05, 0) is 49.4 Å². The molecule has 3 heterocycles. The molecule has 0 spiro atoms. The van der Waals surface area contributed by atoms with Crippen molar-refractivity contribution in [1.29, 1.82) is 0 Å². The second kappa shape index (κ2) is 9.32. The summed E-state index contributed by atoms with van der Waals surface area (Å²) in [4.78, 5) is 18.0. The lowest BCUT2D eigenvalue weighted by molar-refractivity contribution is -0.128. The molecular weight excluding hydrogens is 449 g/mol. The molecule has 182 valence electrons. The molecule has 8 nitrogen and oxygen atoms in total. The molecule has 2 aliphatic heterocycles. The Bertz CT molecular complexity index is 1260. The fourth-order valence-corrected chi connectivity index (χ4v) is 4.81. The lowest BCUT2D eigenvalue weighted by Gasteiger charge is -2.38. The van der Waals surface area contributed by atoms with Crippen LogP contribution < -0.4 is 19.7 Å². The summed E-state index contributed by atoms with van der Waals surface area (Å²) in [6, 6.07) is 13.4. The second-order valence-corrected chi connectivity index (χ2v) is 8.59. The molecule has 1 amide bonds. The quantitative estimate of drug-likeness (QED) is 0.605. The molecule has 0 saturated carbocycles. The summed E-state index contributed by atoms with van der Waals surface area (Å²) in [5.74, 6) is 1.82. The fourth-order valence-electron chi connectivity index (χ4n) is 4.81. The first-order chi connectivity index (χ1) is 17.0. The Morgan fingerprint density at radius 1 is 1.03 bits per heavy atom. The highest BCUT2D eigenvalue weighted by atomic mass is 19.1. The summed E-state index contributed by atoms with van der Waals surface area (Å²) in [5.41, 5.74) is 3.14. The number of nitrogens with zero attached hydrogens (tertiary/aromatic N) is 4. The molecule has 0 radical (unpaired) electrons. The Kier molecular flexibility index (Phi) is 6.07. The minimum Gasteiger partial charge on any atom is -0.497 e. The third kappa shape index (κ3) is 4.18. The zero-order valence-electron chi connectivity index (χ0n) is 20.0. The number of carbonyl (C=O) groups is 1. The van der Waals surface area contributed by atoms with E-state index in [1.807, 2.05) is 40.8 Å². The number of rotatable bonds is 5. The molecule has 1 N–H and O–H groups in total. The van der Waals surface area contributed by atoms with Crippen LogP contribution in [0.25, 0.3) is 0 Å². The van der Waals surface area contributed by atoms with E-state index in [2.05, 4.69) is 15.3 Å². The van der Waals surface area contributed by atoms with E-state index in [4.69, 9.17) is 9.47 Å². The highest BCUT2D eigenvalue weighted by Gasteiger charge is 2.37. The minimum absolute atomic E-state index is 0.0511. The first-order valence-corrected chi connectivity index (χ1v) is 11.5. The summed E-state index contributed by atoms with van der Waals surface area (Å²) in [7, 11) is 3.23. The van der Waals surface area contributed by atoms with E-state index >= 15 is 0 Å². The van der Waals surface area contributed by atoms with Crippen LogP contribution in [-0.2, 0) is 4.79 Å². The van der Waals surface area contributed by atoms with Gasteiger partial charge in [0.1, 0.15) is 29.2 Å². The van der Waals surface area contributed by atoms with Crippen molar-refractivity contribution in [1.82, 2.24) is 14.7 Å². The Labute approximate surface area is 203 Å². The predicted molar refractivity (Wildman–Crippen MR) is 131 cm³/mol. The highest BCUT2D eigenvalue weighted by molar-refractivity contribution is 5.97. The molecule has 1 atom stereocenters. The molecule has 2 aromatic carbocycles. The van der Waals surface area contributed by atoms with E-state index in [9.17, 15) is 9.18 Å². The van der Waals surface area contributed by atoms with Crippen molar-refractivity contribution in [2.75, 3.05) is 50.6 Å². The standard InChI is InChI=1S/C26H28FN5O3/c1-17-24(26(33)31-14-12-30(13-15-31)19-6-4-18(27)5-7-19)25(32-23(29-17)10-11-28-32)21-16-20(34-2)8-9-22(21)35-3/h4-11,16,25,29H,12-15H2,1-3H3. The molecule has 1 unspecified atom stereocenters. The Morgan fingerprint density at radius 3 is 2.46 bits per heavy atom. The summed E-state index contributed by atoms with van der Waals surface area (Å²) < 4.78 is 26.3. The van der Waals surface area contributed by atoms with Gasteiger partial charge in [-0.1, -0.05) is 0 Å². The maximum atomic E-state index is 14.0. The zero-order valence-corrected chi connectivity index (χ0v) is 20.0. The molecule has 9 heteroatoms. The number of amides is 1. The normalized spacial score (nSPS) is 17.7. The van der Waals surface area contributed by atoms with Crippen molar-refractivity contribution < 1.29 is 18.7 Å². The van der Waals surface area contributed by atoms with Gasteiger partial charge < -0.3 is 24.6 Å². The van der Waals surface area contributed by atoms with Gasteiger partial charge >= 0.3 is 0 Å². The van der Waals surface area contributed by atoms with Crippen molar-refractivity contribution >= 4 is 17.4 Å². The van der Waals surface area contributed by atoms with Gasteiger partial charge in [0.05, 0.1) is 26.0 Å². The van der Waals surface area contributed by atoms with Gasteiger partial charge in [0.15, 0.2) is 0 Å². The van der Waals surface area contributed by atoms with Crippen LogP contribution in [0.4, 0.5) is 15.9 Å². The van der Waals surface area contributed by atoms with Crippen LogP contribution in [0.1, 0.15) is 18.5 Å². The molecule has 1 fully saturated rings. The van der Waals surface area contributed by atoms with Crippen LogP contribution in [0.2, 0.25) is 0 Å². The van der Waals surface area contributed by atoms with Crippen LogP contribution in [-0.4, -0.2) is 61.0 Å². The van der Waals surface area contributed by atoms with Gasteiger partial charge in [0.25, 0.3) is 5.91 Å². The number of nitrogens with one attached hydrogen (secondary N) is 1. The zero-order chi connectivity index (χ0) is 24.5. The highest BCUT2D eigenvalue weighted by Crippen LogP contribution is 2.41. The number of aromatic nitrogens is 2. The first-order valence-electron chi connectivity index (χ1n) is 11.5. The number of hydrogen-bond acceptors (Lipinski definition) is 6. The maximum Gasteiger partial charge on any atom is 0.254 e. The van der Waals surface area contributed by atoms with E-state index in [1.165, 1.54) is 12.1 Å². The first kappa shape index (κ1) is 22.8. The number of fused-ring (bicyclic) bond motifs is 1. The largest absolute Gasteiger partial charge is 0.497 e. The topological polar surface area (TPSA) is 71.9 Å². The Balaban J connectivity index is 1.46. The van der Waals surface area contributed by atoms with Crippen molar-refractivity contribution in [3.8, 4) is 11.5 Å². The van der Waals surface area contributed by atoms with E-state index < -0.39 is 6.04 Å². The van der Waals surface area contributed by atoms with Crippen LogP contribution in [0.5, 0.6) is 11.5 Å². The summed E-state index contributed by atoms with van der Waals surface area (Å²) in [5, 5.41) is 7.86. The molecule has 5 rings (SSSR count). The van der Waals surface area contributed by atoms with E-state index in [0.717, 1.165) is 22.8 Å². The molecule has 3 aromatic rings. The number of allylic oxidation sites excluding steroid dienone is 1. The van der Waals surface area contributed by atoms with Gasteiger partial charge in [-0.15, -0.1) is 0 Å². The average Bonchev–Trinajstić information content (AvgIpc) is 3.35. The minimum atomic E-state index is -0.478. The lowest BCUT2D eigenvalue weighted by atomic mass is 9.93. The third-order valence-electron chi connectivity index (χ3n) is 6.63. The molecule has 1 aromatic heterocycles. The number of halogens is 1. The van der Waals surface area contributed by atoms with Gasteiger partial charge in [0.2, 0.25) is 0 Å². The number of hydrogen-bond donors (Lipinski definition) is 1. The van der Waals surface area contributed by atoms with Crippen LogP contribution in [0, 0.1) is 5.82 Å². The fraction of sp³-hybridized carbons (Fsp3) is 0.308. The van der Waals surface area contributed by atoms with E-state index in [1.54, 1.807) is 32.5 Å². The number of carbonyl (C=O) groups excluding carboxylic acids is 1. The second-order valence-electron chi connectivity index (χ2n) is 8.59. The predicted octanol–water partition coefficient (Wildman–Crippen LogP) is 3.68.